The summed E-state index contributed by atoms with van der Waals surface area (Å²) >= 11 is 0. The van der Waals surface area contributed by atoms with E-state index in [4.69, 9.17) is 0 Å². The molecule has 0 radical (unpaired) electrons. The minimum absolute atomic E-state index is 0.108. The Hall–Kier alpha value is -1.02. The third kappa shape index (κ3) is 2.47. The van der Waals surface area contributed by atoms with Crippen LogP contribution in [-0.4, -0.2) is 16.8 Å². The molecule has 94 valence electrons. The molecular formula is C15H22O2. The van der Waals surface area contributed by atoms with Gasteiger partial charge in [0.2, 0.25) is 0 Å². The van der Waals surface area contributed by atoms with Crippen LogP contribution in [0, 0.1) is 5.41 Å². The largest absolute Gasteiger partial charge is 0.508 e. The van der Waals surface area contributed by atoms with Gasteiger partial charge in [0, 0.05) is 6.61 Å². The van der Waals surface area contributed by atoms with E-state index in [-0.39, 0.29) is 10.8 Å². The highest BCUT2D eigenvalue weighted by atomic mass is 16.3. The normalized spacial score (nSPS) is 33.6. The number of rotatable bonds is 2. The second-order valence-electron chi connectivity index (χ2n) is 6.08. The predicted molar refractivity (Wildman–Crippen MR) is 69.1 cm³/mol. The molecular weight excluding hydrogens is 212 g/mol. The molecule has 1 aromatic rings. The number of aliphatic hydroxyl groups excluding tert-OH is 1. The molecule has 1 aliphatic carbocycles. The molecule has 0 aliphatic heterocycles. The summed E-state index contributed by atoms with van der Waals surface area (Å²) in [6, 6.07) is 7.58. The van der Waals surface area contributed by atoms with Crippen LogP contribution < -0.4 is 0 Å². The van der Waals surface area contributed by atoms with E-state index in [1.807, 2.05) is 12.1 Å². The molecule has 2 rings (SSSR count). The van der Waals surface area contributed by atoms with Crippen molar-refractivity contribution in [1.29, 1.82) is 0 Å². The highest BCUT2D eigenvalue weighted by Gasteiger charge is 2.37. The first-order valence-electron chi connectivity index (χ1n) is 6.38. The van der Waals surface area contributed by atoms with Gasteiger partial charge in [-0.05, 0) is 54.2 Å². The van der Waals surface area contributed by atoms with Crippen molar-refractivity contribution in [2.75, 3.05) is 6.61 Å². The summed E-state index contributed by atoms with van der Waals surface area (Å²) in [5, 5.41) is 18.7. The summed E-state index contributed by atoms with van der Waals surface area (Å²) in [6.45, 7) is 4.75. The summed E-state index contributed by atoms with van der Waals surface area (Å²) in [5.41, 5.74) is 1.61. The van der Waals surface area contributed by atoms with Crippen LogP contribution >= 0.6 is 0 Å². The molecule has 0 heterocycles. The maximum Gasteiger partial charge on any atom is 0.115 e. The van der Waals surface area contributed by atoms with Gasteiger partial charge in [0.1, 0.15) is 5.75 Å². The Bertz CT molecular complexity index is 372. The zero-order valence-corrected chi connectivity index (χ0v) is 10.7. The van der Waals surface area contributed by atoms with Crippen molar-refractivity contribution >= 4 is 0 Å². The molecule has 2 heteroatoms. The minimum Gasteiger partial charge on any atom is -0.508 e. The molecule has 0 spiro atoms. The lowest BCUT2D eigenvalue weighted by molar-refractivity contribution is 0.0739. The van der Waals surface area contributed by atoms with Crippen LogP contribution in [0.4, 0.5) is 0 Å². The highest BCUT2D eigenvalue weighted by molar-refractivity contribution is 5.31. The average Bonchev–Trinajstić information content (AvgIpc) is 2.34. The molecule has 1 aliphatic rings. The lowest BCUT2D eigenvalue weighted by atomic mass is 9.63. The molecule has 17 heavy (non-hydrogen) atoms. The van der Waals surface area contributed by atoms with Crippen LogP contribution in [0.1, 0.15) is 45.1 Å². The molecule has 0 aromatic heterocycles. The van der Waals surface area contributed by atoms with Crippen LogP contribution in [0.25, 0.3) is 0 Å². The van der Waals surface area contributed by atoms with Crippen LogP contribution in [0.2, 0.25) is 0 Å². The molecule has 0 unspecified atom stereocenters. The number of benzene rings is 1. The number of hydrogen-bond donors (Lipinski definition) is 2. The van der Waals surface area contributed by atoms with E-state index in [0.29, 0.717) is 12.4 Å². The van der Waals surface area contributed by atoms with E-state index in [1.54, 1.807) is 12.1 Å². The molecule has 1 fully saturated rings. The molecule has 2 nitrogen and oxygen atoms in total. The van der Waals surface area contributed by atoms with E-state index in [9.17, 15) is 10.2 Å². The number of hydrogen-bond acceptors (Lipinski definition) is 2. The number of phenols is 1. The molecule has 2 N–H and O–H groups in total. The van der Waals surface area contributed by atoms with Gasteiger partial charge in [-0.2, -0.15) is 0 Å². The van der Waals surface area contributed by atoms with Gasteiger partial charge in [-0.3, -0.25) is 0 Å². The molecule has 0 saturated heterocycles. The Morgan fingerprint density at radius 2 is 1.53 bits per heavy atom. The van der Waals surface area contributed by atoms with E-state index < -0.39 is 0 Å². The van der Waals surface area contributed by atoms with E-state index in [0.717, 1.165) is 25.7 Å². The quantitative estimate of drug-likeness (QED) is 0.824. The summed E-state index contributed by atoms with van der Waals surface area (Å²) in [4.78, 5) is 0. The smallest absolute Gasteiger partial charge is 0.115 e. The molecule has 0 bridgehead atoms. The maximum absolute atomic E-state index is 9.39. The van der Waals surface area contributed by atoms with Crippen molar-refractivity contribution in [3.63, 3.8) is 0 Å². The van der Waals surface area contributed by atoms with Crippen LogP contribution in [0.15, 0.2) is 24.3 Å². The summed E-state index contributed by atoms with van der Waals surface area (Å²) in [5.74, 6) is 0.327. The molecule has 0 amide bonds. The summed E-state index contributed by atoms with van der Waals surface area (Å²) in [7, 11) is 0. The van der Waals surface area contributed by atoms with Crippen molar-refractivity contribution in [3.05, 3.63) is 29.8 Å². The maximum atomic E-state index is 9.39. The van der Waals surface area contributed by atoms with Gasteiger partial charge in [0.25, 0.3) is 0 Å². The van der Waals surface area contributed by atoms with E-state index >= 15 is 0 Å². The summed E-state index contributed by atoms with van der Waals surface area (Å²) < 4.78 is 0. The fourth-order valence-corrected chi connectivity index (χ4v) is 2.72. The van der Waals surface area contributed by atoms with Gasteiger partial charge >= 0.3 is 0 Å². The second kappa shape index (κ2) is 4.34. The Labute approximate surface area is 103 Å². The van der Waals surface area contributed by atoms with E-state index in [2.05, 4.69) is 13.8 Å². The zero-order valence-electron chi connectivity index (χ0n) is 10.7. The van der Waals surface area contributed by atoms with Crippen molar-refractivity contribution in [1.82, 2.24) is 0 Å². The first kappa shape index (κ1) is 12.4. The van der Waals surface area contributed by atoms with E-state index in [1.165, 1.54) is 5.56 Å². The number of aliphatic hydroxyl groups is 1. The summed E-state index contributed by atoms with van der Waals surface area (Å²) in [6.07, 6.45) is 4.35. The Balaban J connectivity index is 2.14. The Morgan fingerprint density at radius 1 is 1.00 bits per heavy atom. The molecule has 1 aromatic carbocycles. The standard InChI is InChI=1S/C15H22O2/c1-14(11-16)7-9-15(2,10-8-14)12-3-5-13(17)6-4-12/h3-6,16-17H,7-11H2,1-2H3. The first-order chi connectivity index (χ1) is 7.97. The Morgan fingerprint density at radius 3 is 2.00 bits per heavy atom. The highest BCUT2D eigenvalue weighted by Crippen LogP contribution is 2.46. The SMILES string of the molecule is CC1(CO)CCC(C)(c2ccc(O)cc2)CC1. The fraction of sp³-hybridized carbons (Fsp3) is 0.600. The van der Waals surface area contributed by atoms with Crippen LogP contribution in [-0.2, 0) is 5.41 Å². The Kier molecular flexibility index (Phi) is 3.17. The topological polar surface area (TPSA) is 40.5 Å². The lowest BCUT2D eigenvalue weighted by Gasteiger charge is -2.42. The van der Waals surface area contributed by atoms with Gasteiger partial charge in [-0.15, -0.1) is 0 Å². The number of phenolic OH excluding ortho intramolecular Hbond substituents is 1. The monoisotopic (exact) mass is 234 g/mol. The van der Waals surface area contributed by atoms with Gasteiger partial charge in [-0.25, -0.2) is 0 Å². The second-order valence-corrected chi connectivity index (χ2v) is 6.08. The third-order valence-electron chi connectivity index (χ3n) is 4.51. The van der Waals surface area contributed by atoms with Crippen molar-refractivity contribution in [3.8, 4) is 5.75 Å². The first-order valence-corrected chi connectivity index (χ1v) is 6.38. The number of aromatic hydroxyl groups is 1. The fourth-order valence-electron chi connectivity index (χ4n) is 2.72. The molecule has 1 saturated carbocycles. The lowest BCUT2D eigenvalue weighted by Crippen LogP contribution is -2.35. The van der Waals surface area contributed by atoms with Gasteiger partial charge in [-0.1, -0.05) is 26.0 Å². The van der Waals surface area contributed by atoms with Gasteiger partial charge in [0.15, 0.2) is 0 Å². The van der Waals surface area contributed by atoms with Gasteiger partial charge < -0.3 is 10.2 Å². The molecule has 0 atom stereocenters. The van der Waals surface area contributed by atoms with Crippen molar-refractivity contribution in [2.45, 2.75) is 44.9 Å². The van der Waals surface area contributed by atoms with Gasteiger partial charge in [0.05, 0.1) is 0 Å². The minimum atomic E-state index is 0.108. The van der Waals surface area contributed by atoms with Crippen LogP contribution in [0.3, 0.4) is 0 Å². The van der Waals surface area contributed by atoms with Crippen molar-refractivity contribution < 1.29 is 10.2 Å². The average molecular weight is 234 g/mol. The zero-order chi connectivity index (χ0) is 12.5. The predicted octanol–water partition coefficient (Wildman–Crippen LogP) is 3.22. The van der Waals surface area contributed by atoms with Crippen LogP contribution in [0.5, 0.6) is 5.75 Å². The third-order valence-corrected chi connectivity index (χ3v) is 4.51. The van der Waals surface area contributed by atoms with Crippen molar-refractivity contribution in [2.24, 2.45) is 5.41 Å².